The first-order valence-electron chi connectivity index (χ1n) is 6.57. The number of carbonyl (C=O) groups excluding carboxylic acids is 1. The van der Waals surface area contributed by atoms with Crippen LogP contribution in [-0.2, 0) is 0 Å². The highest BCUT2D eigenvalue weighted by molar-refractivity contribution is 9.09. The van der Waals surface area contributed by atoms with Crippen LogP contribution in [0.4, 0.5) is 5.69 Å². The minimum absolute atomic E-state index is 0.0111. The smallest absolute Gasteiger partial charge is 0.269 e. The van der Waals surface area contributed by atoms with Gasteiger partial charge < -0.3 is 5.32 Å². The van der Waals surface area contributed by atoms with Gasteiger partial charge >= 0.3 is 0 Å². The van der Waals surface area contributed by atoms with E-state index < -0.39 is 4.92 Å². The quantitative estimate of drug-likeness (QED) is 0.491. The Bertz CT molecular complexity index is 541. The maximum Gasteiger partial charge on any atom is 0.269 e. The van der Waals surface area contributed by atoms with Gasteiger partial charge in [0.15, 0.2) is 0 Å². The summed E-state index contributed by atoms with van der Waals surface area (Å²) in [6.45, 7) is 2.39. The fourth-order valence-corrected chi connectivity index (χ4v) is 3.11. The lowest BCUT2D eigenvalue weighted by atomic mass is 10.0. The van der Waals surface area contributed by atoms with E-state index in [-0.39, 0.29) is 17.0 Å². The zero-order chi connectivity index (χ0) is 14.8. The van der Waals surface area contributed by atoms with Gasteiger partial charge in [-0.05, 0) is 43.2 Å². The maximum absolute atomic E-state index is 12.1. The molecule has 0 spiro atoms. The molecule has 6 heteroatoms. The lowest BCUT2D eigenvalue weighted by Gasteiger charge is -2.15. The average Bonchev–Trinajstić information content (AvgIpc) is 3.16. The van der Waals surface area contributed by atoms with E-state index in [9.17, 15) is 14.9 Å². The highest BCUT2D eigenvalue weighted by Crippen LogP contribution is 2.48. The molecule has 0 aromatic heterocycles. The second-order valence-corrected chi connectivity index (χ2v) is 6.17. The Morgan fingerprint density at radius 3 is 2.70 bits per heavy atom. The predicted molar refractivity (Wildman–Crippen MR) is 80.2 cm³/mol. The van der Waals surface area contributed by atoms with Gasteiger partial charge in [0.2, 0.25) is 0 Å². The molecule has 1 amide bonds. The van der Waals surface area contributed by atoms with Crippen LogP contribution in [0.1, 0.15) is 35.2 Å². The van der Waals surface area contributed by atoms with Crippen molar-refractivity contribution in [3.05, 3.63) is 39.4 Å². The molecule has 108 valence electrons. The molecule has 0 atom stereocenters. The van der Waals surface area contributed by atoms with E-state index in [1.54, 1.807) is 6.92 Å². The predicted octanol–water partition coefficient (Wildman–Crippen LogP) is 3.20. The summed E-state index contributed by atoms with van der Waals surface area (Å²) in [4.78, 5) is 22.4. The van der Waals surface area contributed by atoms with Crippen molar-refractivity contribution in [2.24, 2.45) is 5.41 Å². The van der Waals surface area contributed by atoms with Gasteiger partial charge in [0.1, 0.15) is 0 Å². The number of carbonyl (C=O) groups is 1. The molecule has 1 fully saturated rings. The molecule has 0 radical (unpaired) electrons. The van der Waals surface area contributed by atoms with Crippen LogP contribution in [0, 0.1) is 22.5 Å². The number of nitro benzene ring substituents is 1. The van der Waals surface area contributed by atoms with Crippen LogP contribution in [0.25, 0.3) is 0 Å². The Morgan fingerprint density at radius 1 is 1.50 bits per heavy atom. The number of nitro groups is 1. The topological polar surface area (TPSA) is 72.2 Å². The van der Waals surface area contributed by atoms with Gasteiger partial charge in [-0.3, -0.25) is 14.9 Å². The average molecular weight is 341 g/mol. The van der Waals surface area contributed by atoms with Crippen LogP contribution >= 0.6 is 15.9 Å². The number of non-ortho nitro benzene ring substituents is 1. The number of hydrogen-bond acceptors (Lipinski definition) is 3. The van der Waals surface area contributed by atoms with Crippen molar-refractivity contribution in [3.63, 3.8) is 0 Å². The summed E-state index contributed by atoms with van der Waals surface area (Å²) >= 11 is 3.43. The molecular formula is C14H17BrN2O3. The van der Waals surface area contributed by atoms with Gasteiger partial charge in [-0.2, -0.15) is 0 Å². The van der Waals surface area contributed by atoms with Crippen molar-refractivity contribution in [1.82, 2.24) is 5.32 Å². The summed E-state index contributed by atoms with van der Waals surface area (Å²) in [7, 11) is 0. The molecule has 1 aliphatic rings. The van der Waals surface area contributed by atoms with E-state index in [0.717, 1.165) is 24.6 Å². The van der Waals surface area contributed by atoms with E-state index in [1.165, 1.54) is 18.2 Å². The summed E-state index contributed by atoms with van der Waals surface area (Å²) < 4.78 is 0. The number of halogens is 1. The Balaban J connectivity index is 2.01. The van der Waals surface area contributed by atoms with E-state index in [4.69, 9.17) is 0 Å². The molecule has 1 aliphatic carbocycles. The molecule has 0 heterocycles. The Hall–Kier alpha value is -1.43. The summed E-state index contributed by atoms with van der Waals surface area (Å²) in [5.41, 5.74) is 1.40. The van der Waals surface area contributed by atoms with Crippen molar-refractivity contribution < 1.29 is 9.72 Å². The van der Waals surface area contributed by atoms with Crippen molar-refractivity contribution in [2.45, 2.75) is 26.2 Å². The van der Waals surface area contributed by atoms with Gasteiger partial charge in [0.25, 0.3) is 11.6 Å². The van der Waals surface area contributed by atoms with E-state index in [2.05, 4.69) is 21.2 Å². The summed E-state index contributed by atoms with van der Waals surface area (Å²) in [5.74, 6) is -0.154. The van der Waals surface area contributed by atoms with Crippen LogP contribution in [0.5, 0.6) is 0 Å². The van der Waals surface area contributed by atoms with Gasteiger partial charge in [0.05, 0.1) is 4.92 Å². The lowest BCUT2D eigenvalue weighted by molar-refractivity contribution is -0.384. The number of aryl methyl sites for hydroxylation is 1. The Morgan fingerprint density at radius 2 is 2.20 bits per heavy atom. The third-order valence-corrected chi connectivity index (χ3v) is 4.27. The monoisotopic (exact) mass is 340 g/mol. The van der Waals surface area contributed by atoms with E-state index in [0.29, 0.717) is 17.7 Å². The number of hydrogen-bond donors (Lipinski definition) is 1. The molecule has 0 unspecified atom stereocenters. The number of benzene rings is 1. The molecular weight excluding hydrogens is 324 g/mol. The molecule has 1 N–H and O–H groups in total. The fraction of sp³-hybridized carbons (Fsp3) is 0.500. The maximum atomic E-state index is 12.1. The van der Waals surface area contributed by atoms with E-state index >= 15 is 0 Å². The number of alkyl halides is 1. The Kier molecular flexibility index (Phi) is 4.42. The highest BCUT2D eigenvalue weighted by atomic mass is 79.9. The SMILES string of the molecule is Cc1cc([N+](=O)[O-])ccc1C(=O)NCC1(CCBr)CC1. The van der Waals surface area contributed by atoms with Crippen LogP contribution in [-0.4, -0.2) is 22.7 Å². The zero-order valence-electron chi connectivity index (χ0n) is 11.3. The number of rotatable bonds is 6. The van der Waals surface area contributed by atoms with Crippen molar-refractivity contribution in [2.75, 3.05) is 11.9 Å². The largest absolute Gasteiger partial charge is 0.351 e. The van der Waals surface area contributed by atoms with Gasteiger partial charge in [-0.15, -0.1) is 0 Å². The van der Waals surface area contributed by atoms with Crippen molar-refractivity contribution >= 4 is 27.5 Å². The van der Waals surface area contributed by atoms with Crippen LogP contribution in [0.2, 0.25) is 0 Å². The molecule has 5 nitrogen and oxygen atoms in total. The number of nitrogens with zero attached hydrogens (tertiary/aromatic N) is 1. The summed E-state index contributed by atoms with van der Waals surface area (Å²) in [5, 5.41) is 14.6. The first-order chi connectivity index (χ1) is 9.47. The van der Waals surface area contributed by atoms with Crippen molar-refractivity contribution in [1.29, 1.82) is 0 Å². The number of nitrogens with one attached hydrogen (secondary N) is 1. The highest BCUT2D eigenvalue weighted by Gasteiger charge is 2.41. The standard InChI is InChI=1S/C14H17BrN2O3/c1-10-8-11(17(19)20)2-3-12(10)13(18)16-9-14(4-5-14)6-7-15/h2-3,8H,4-7,9H2,1H3,(H,16,18). The van der Waals surface area contributed by atoms with Crippen molar-refractivity contribution in [3.8, 4) is 0 Å². The van der Waals surface area contributed by atoms with Crippen LogP contribution in [0.3, 0.4) is 0 Å². The first kappa shape index (κ1) is 15.0. The minimum atomic E-state index is -0.454. The molecule has 0 bridgehead atoms. The first-order valence-corrected chi connectivity index (χ1v) is 7.69. The van der Waals surface area contributed by atoms with Crippen LogP contribution in [0.15, 0.2) is 18.2 Å². The minimum Gasteiger partial charge on any atom is -0.351 e. The molecule has 0 aliphatic heterocycles. The van der Waals surface area contributed by atoms with E-state index in [1.807, 2.05) is 0 Å². The zero-order valence-corrected chi connectivity index (χ0v) is 12.9. The fourth-order valence-electron chi connectivity index (χ4n) is 2.27. The third kappa shape index (κ3) is 3.36. The summed E-state index contributed by atoms with van der Waals surface area (Å²) in [6, 6.07) is 4.32. The Labute approximate surface area is 126 Å². The molecule has 0 saturated heterocycles. The molecule has 1 aromatic rings. The number of amides is 1. The summed E-state index contributed by atoms with van der Waals surface area (Å²) in [6.07, 6.45) is 3.36. The normalized spacial score (nSPS) is 15.7. The second-order valence-electron chi connectivity index (χ2n) is 5.38. The van der Waals surface area contributed by atoms with Gasteiger partial charge in [0, 0.05) is 29.6 Å². The third-order valence-electron chi connectivity index (χ3n) is 3.87. The lowest BCUT2D eigenvalue weighted by Crippen LogP contribution is -2.30. The molecule has 1 aromatic carbocycles. The second kappa shape index (κ2) is 5.91. The van der Waals surface area contributed by atoms with Gasteiger partial charge in [-0.25, -0.2) is 0 Å². The molecule has 1 saturated carbocycles. The molecule has 2 rings (SSSR count). The van der Waals surface area contributed by atoms with Gasteiger partial charge in [-0.1, -0.05) is 15.9 Å². The van der Waals surface area contributed by atoms with Crippen LogP contribution < -0.4 is 5.32 Å². The molecule has 20 heavy (non-hydrogen) atoms.